The first-order chi connectivity index (χ1) is 8.43. The minimum atomic E-state index is -1.18. The highest BCUT2D eigenvalue weighted by molar-refractivity contribution is 5.92. The number of urea groups is 1. The van der Waals surface area contributed by atoms with Gasteiger partial charge in [-0.1, -0.05) is 0 Å². The average Bonchev–Trinajstić information content (AvgIpc) is 2.31. The summed E-state index contributed by atoms with van der Waals surface area (Å²) in [5, 5.41) is 21.6. The number of carboxylic acids is 1. The third kappa shape index (κ3) is 3.45. The smallest absolute Gasteiger partial charge is 0.325 e. The van der Waals surface area contributed by atoms with Crippen LogP contribution in [0.3, 0.4) is 0 Å². The molecule has 0 aliphatic rings. The van der Waals surface area contributed by atoms with E-state index in [0.717, 1.165) is 12.1 Å². The molecule has 18 heavy (non-hydrogen) atoms. The Kier molecular flexibility index (Phi) is 4.21. The summed E-state index contributed by atoms with van der Waals surface area (Å²) in [4.78, 5) is 21.8. The molecule has 1 unspecified atom stereocenters. The lowest BCUT2D eigenvalue weighted by molar-refractivity contribution is -0.138. The van der Waals surface area contributed by atoms with E-state index in [4.69, 9.17) is 10.4 Å². The van der Waals surface area contributed by atoms with Gasteiger partial charge in [0.15, 0.2) is 0 Å². The number of nitrogens with zero attached hydrogens (tertiary/aromatic N) is 1. The van der Waals surface area contributed by atoms with Crippen molar-refractivity contribution in [2.24, 2.45) is 0 Å². The van der Waals surface area contributed by atoms with Gasteiger partial charge in [-0.15, -0.1) is 0 Å². The number of carboxylic acid groups (broad SMARTS) is 1. The van der Waals surface area contributed by atoms with Gasteiger partial charge in [-0.05, 0) is 25.1 Å². The lowest BCUT2D eigenvalue weighted by Gasteiger charge is -2.10. The minimum absolute atomic E-state index is 0.197. The van der Waals surface area contributed by atoms with Gasteiger partial charge >= 0.3 is 12.0 Å². The van der Waals surface area contributed by atoms with Crippen LogP contribution < -0.4 is 10.6 Å². The summed E-state index contributed by atoms with van der Waals surface area (Å²) in [5.41, 5.74) is -0.0119. The number of halogens is 1. The van der Waals surface area contributed by atoms with Crippen LogP contribution in [0.1, 0.15) is 12.5 Å². The second-order valence-electron chi connectivity index (χ2n) is 3.46. The van der Waals surface area contributed by atoms with Gasteiger partial charge in [-0.25, -0.2) is 9.18 Å². The molecule has 0 saturated carbocycles. The summed E-state index contributed by atoms with van der Waals surface area (Å²) >= 11 is 0. The van der Waals surface area contributed by atoms with Crippen LogP contribution in [0.4, 0.5) is 14.9 Å². The van der Waals surface area contributed by atoms with Gasteiger partial charge in [0.05, 0.1) is 5.56 Å². The predicted molar refractivity (Wildman–Crippen MR) is 60.4 cm³/mol. The van der Waals surface area contributed by atoms with E-state index in [9.17, 15) is 14.0 Å². The SMILES string of the molecule is CC(NC(=O)Nc1ccc(F)c(C#N)c1)C(=O)O. The fraction of sp³-hybridized carbons (Fsp3) is 0.182. The van der Waals surface area contributed by atoms with E-state index in [1.54, 1.807) is 6.07 Å². The first kappa shape index (κ1) is 13.4. The van der Waals surface area contributed by atoms with E-state index in [1.165, 1.54) is 13.0 Å². The molecule has 0 radical (unpaired) electrons. The molecule has 7 heteroatoms. The van der Waals surface area contributed by atoms with E-state index in [-0.39, 0.29) is 11.3 Å². The number of nitriles is 1. The first-order valence-electron chi connectivity index (χ1n) is 4.94. The number of hydrogen-bond acceptors (Lipinski definition) is 3. The van der Waals surface area contributed by atoms with Crippen LogP contribution in [-0.2, 0) is 4.79 Å². The molecule has 0 heterocycles. The number of amides is 2. The molecule has 1 aromatic rings. The molecule has 0 bridgehead atoms. The first-order valence-corrected chi connectivity index (χ1v) is 4.94. The summed E-state index contributed by atoms with van der Waals surface area (Å²) in [6, 6.07) is 3.28. The predicted octanol–water partition coefficient (Wildman–Crippen LogP) is 1.29. The second kappa shape index (κ2) is 5.63. The molecular weight excluding hydrogens is 241 g/mol. The molecule has 3 N–H and O–H groups in total. The maximum absolute atomic E-state index is 13.0. The van der Waals surface area contributed by atoms with Gasteiger partial charge in [0, 0.05) is 5.69 Å². The largest absolute Gasteiger partial charge is 0.480 e. The van der Waals surface area contributed by atoms with Crippen LogP contribution in [0.15, 0.2) is 18.2 Å². The van der Waals surface area contributed by atoms with Crippen molar-refractivity contribution in [3.63, 3.8) is 0 Å². The Morgan fingerprint density at radius 3 is 2.72 bits per heavy atom. The topological polar surface area (TPSA) is 102 Å². The van der Waals surface area contributed by atoms with E-state index in [0.29, 0.717) is 0 Å². The van der Waals surface area contributed by atoms with Crippen LogP contribution in [0.2, 0.25) is 0 Å². The van der Waals surface area contributed by atoms with E-state index >= 15 is 0 Å². The van der Waals surface area contributed by atoms with E-state index in [1.807, 2.05) is 0 Å². The average molecular weight is 251 g/mol. The van der Waals surface area contributed by atoms with Crippen LogP contribution in [0.5, 0.6) is 0 Å². The zero-order valence-corrected chi connectivity index (χ0v) is 9.40. The lowest BCUT2D eigenvalue weighted by atomic mass is 10.2. The highest BCUT2D eigenvalue weighted by Gasteiger charge is 2.14. The van der Waals surface area contributed by atoms with Crippen molar-refractivity contribution in [3.8, 4) is 6.07 Å². The number of rotatable bonds is 3. The van der Waals surface area contributed by atoms with Crippen molar-refractivity contribution in [3.05, 3.63) is 29.6 Å². The van der Waals surface area contributed by atoms with Crippen LogP contribution in [-0.4, -0.2) is 23.1 Å². The fourth-order valence-electron chi connectivity index (χ4n) is 1.11. The number of nitrogens with one attached hydrogen (secondary N) is 2. The minimum Gasteiger partial charge on any atom is -0.480 e. The van der Waals surface area contributed by atoms with Crippen LogP contribution in [0.25, 0.3) is 0 Å². The molecule has 0 fully saturated rings. The molecule has 94 valence electrons. The van der Waals surface area contributed by atoms with Crippen LogP contribution in [0, 0.1) is 17.1 Å². The number of benzene rings is 1. The summed E-state index contributed by atoms with van der Waals surface area (Å²) in [6.45, 7) is 1.30. The molecule has 0 aromatic heterocycles. The highest BCUT2D eigenvalue weighted by Crippen LogP contribution is 2.13. The van der Waals surface area contributed by atoms with Gasteiger partial charge in [0.25, 0.3) is 0 Å². The maximum Gasteiger partial charge on any atom is 0.325 e. The molecule has 0 aliphatic heterocycles. The summed E-state index contributed by atoms with van der Waals surface area (Å²) in [6.07, 6.45) is 0. The third-order valence-corrected chi connectivity index (χ3v) is 2.06. The quantitative estimate of drug-likeness (QED) is 0.753. The second-order valence-corrected chi connectivity index (χ2v) is 3.46. The molecule has 0 saturated heterocycles. The van der Waals surface area contributed by atoms with Crippen molar-refractivity contribution in [2.45, 2.75) is 13.0 Å². The molecule has 6 nitrogen and oxygen atoms in total. The summed E-state index contributed by atoms with van der Waals surface area (Å²) < 4.78 is 13.0. The molecule has 1 rings (SSSR count). The standard InChI is InChI=1S/C11H10FN3O3/c1-6(10(16)17)14-11(18)15-8-2-3-9(12)7(4-8)5-13/h2-4,6H,1H3,(H,16,17)(H2,14,15,18). The van der Waals surface area contributed by atoms with Gasteiger partial charge in [0.2, 0.25) is 0 Å². The molecule has 2 amide bonds. The third-order valence-electron chi connectivity index (χ3n) is 2.06. The zero-order valence-electron chi connectivity index (χ0n) is 9.40. The number of anilines is 1. The molecule has 1 atom stereocenters. The summed E-state index contributed by atoms with van der Waals surface area (Å²) in [5.74, 6) is -1.87. The monoisotopic (exact) mass is 251 g/mol. The maximum atomic E-state index is 13.0. The molecule has 0 aliphatic carbocycles. The number of carbonyl (C=O) groups is 2. The van der Waals surface area contributed by atoms with Crippen molar-refractivity contribution < 1.29 is 19.1 Å². The Bertz CT molecular complexity index is 525. The van der Waals surface area contributed by atoms with Crippen LogP contribution >= 0.6 is 0 Å². The molecular formula is C11H10FN3O3. The lowest BCUT2D eigenvalue weighted by Crippen LogP contribution is -2.40. The Hall–Kier alpha value is -2.62. The zero-order chi connectivity index (χ0) is 13.7. The Labute approximate surface area is 102 Å². The van der Waals surface area contributed by atoms with Gasteiger partial charge in [-0.3, -0.25) is 4.79 Å². The van der Waals surface area contributed by atoms with Crippen molar-refractivity contribution in [1.82, 2.24) is 5.32 Å². The van der Waals surface area contributed by atoms with E-state index < -0.39 is 23.9 Å². The van der Waals surface area contributed by atoms with E-state index in [2.05, 4.69) is 10.6 Å². The Morgan fingerprint density at radius 2 is 2.17 bits per heavy atom. The Morgan fingerprint density at radius 1 is 1.50 bits per heavy atom. The van der Waals surface area contributed by atoms with Crippen molar-refractivity contribution in [1.29, 1.82) is 5.26 Å². The van der Waals surface area contributed by atoms with Gasteiger partial charge in [-0.2, -0.15) is 5.26 Å². The number of carbonyl (C=O) groups excluding carboxylic acids is 1. The number of aliphatic carboxylic acids is 1. The summed E-state index contributed by atoms with van der Waals surface area (Å²) in [7, 11) is 0. The van der Waals surface area contributed by atoms with Crippen molar-refractivity contribution in [2.75, 3.05) is 5.32 Å². The van der Waals surface area contributed by atoms with Crippen molar-refractivity contribution >= 4 is 17.7 Å². The highest BCUT2D eigenvalue weighted by atomic mass is 19.1. The van der Waals surface area contributed by atoms with Gasteiger partial charge in [0.1, 0.15) is 17.9 Å². The van der Waals surface area contributed by atoms with Gasteiger partial charge < -0.3 is 15.7 Å². The number of hydrogen-bond donors (Lipinski definition) is 3. The fourth-order valence-corrected chi connectivity index (χ4v) is 1.11. The Balaban J connectivity index is 2.71. The molecule has 1 aromatic carbocycles. The normalized spacial score (nSPS) is 11.2. The molecule has 0 spiro atoms.